The minimum absolute atomic E-state index is 0.000339. The Kier molecular flexibility index (Phi) is 3.98. The topological polar surface area (TPSA) is 103 Å². The van der Waals surface area contributed by atoms with Gasteiger partial charge in [0.15, 0.2) is 0 Å². The van der Waals surface area contributed by atoms with Crippen molar-refractivity contribution in [3.8, 4) is 11.1 Å². The fraction of sp³-hybridized carbons (Fsp3) is 0.200. The van der Waals surface area contributed by atoms with Crippen LogP contribution in [0.5, 0.6) is 0 Å². The molecule has 0 saturated carbocycles. The van der Waals surface area contributed by atoms with Gasteiger partial charge in [0.1, 0.15) is 23.6 Å². The van der Waals surface area contributed by atoms with Crippen molar-refractivity contribution in [3.63, 3.8) is 0 Å². The Labute approximate surface area is 138 Å². The standard InChI is InChI=1S/C15H16FN5O2S/c1-21-7-12(13-14(17)18-8-19-15(13)21)10-3-9(4-11(16)5-10)6-20-24(2,22)23/h3-5,7-8,20H,6H2,1-2H3,(H2,17,18,19). The van der Waals surface area contributed by atoms with Crippen LogP contribution in [0.15, 0.2) is 30.7 Å². The van der Waals surface area contributed by atoms with Crippen molar-refractivity contribution in [3.05, 3.63) is 42.1 Å². The molecule has 3 rings (SSSR count). The molecule has 0 aliphatic rings. The van der Waals surface area contributed by atoms with Crippen LogP contribution < -0.4 is 10.5 Å². The predicted molar refractivity (Wildman–Crippen MR) is 90.0 cm³/mol. The first-order valence-electron chi connectivity index (χ1n) is 7.04. The molecule has 3 aromatic rings. The van der Waals surface area contributed by atoms with Crippen LogP contribution in [0.3, 0.4) is 0 Å². The van der Waals surface area contributed by atoms with Gasteiger partial charge >= 0.3 is 0 Å². The number of hydrogen-bond donors (Lipinski definition) is 2. The number of fused-ring (bicyclic) bond motifs is 1. The van der Waals surface area contributed by atoms with E-state index in [4.69, 9.17) is 5.73 Å². The van der Waals surface area contributed by atoms with Crippen LogP contribution in [0, 0.1) is 5.82 Å². The zero-order chi connectivity index (χ0) is 17.5. The Hall–Kier alpha value is -2.52. The molecule has 0 aliphatic heterocycles. The quantitative estimate of drug-likeness (QED) is 0.741. The zero-order valence-corrected chi connectivity index (χ0v) is 13.9. The number of rotatable bonds is 4. The van der Waals surface area contributed by atoms with Crippen LogP contribution in [-0.4, -0.2) is 29.2 Å². The van der Waals surface area contributed by atoms with E-state index in [1.165, 1.54) is 18.5 Å². The normalized spacial score (nSPS) is 12.0. The maximum Gasteiger partial charge on any atom is 0.209 e. The van der Waals surface area contributed by atoms with Crippen LogP contribution in [0.1, 0.15) is 5.56 Å². The summed E-state index contributed by atoms with van der Waals surface area (Å²) >= 11 is 0. The van der Waals surface area contributed by atoms with E-state index in [0.717, 1.165) is 6.26 Å². The van der Waals surface area contributed by atoms with Crippen molar-refractivity contribution in [1.29, 1.82) is 0 Å². The first-order valence-corrected chi connectivity index (χ1v) is 8.94. The second-order valence-electron chi connectivity index (χ2n) is 5.55. The Morgan fingerprint density at radius 2 is 2.04 bits per heavy atom. The highest BCUT2D eigenvalue weighted by molar-refractivity contribution is 7.88. The molecule has 0 spiro atoms. The maximum atomic E-state index is 14.0. The SMILES string of the molecule is Cn1cc(-c2cc(F)cc(CNS(C)(=O)=O)c2)c2c(N)ncnc21. The summed E-state index contributed by atoms with van der Waals surface area (Å²) in [7, 11) is -1.56. The smallest absolute Gasteiger partial charge is 0.209 e. The number of nitrogens with zero attached hydrogens (tertiary/aromatic N) is 3. The average Bonchev–Trinajstić information content (AvgIpc) is 2.83. The monoisotopic (exact) mass is 349 g/mol. The number of nitrogen functional groups attached to an aromatic ring is 1. The number of benzene rings is 1. The van der Waals surface area contributed by atoms with E-state index >= 15 is 0 Å². The minimum Gasteiger partial charge on any atom is -0.383 e. The zero-order valence-electron chi connectivity index (χ0n) is 13.1. The van der Waals surface area contributed by atoms with Crippen molar-refractivity contribution in [2.45, 2.75) is 6.54 Å². The van der Waals surface area contributed by atoms with Crippen molar-refractivity contribution >= 4 is 26.9 Å². The Morgan fingerprint density at radius 3 is 2.75 bits per heavy atom. The lowest BCUT2D eigenvalue weighted by Gasteiger charge is -2.07. The second-order valence-corrected chi connectivity index (χ2v) is 7.39. The molecular weight excluding hydrogens is 333 g/mol. The summed E-state index contributed by atoms with van der Waals surface area (Å²) in [5.74, 6) is -0.166. The van der Waals surface area contributed by atoms with Gasteiger partial charge < -0.3 is 10.3 Å². The fourth-order valence-electron chi connectivity index (χ4n) is 2.58. The molecule has 0 saturated heterocycles. The van der Waals surface area contributed by atoms with Gasteiger partial charge in [0.2, 0.25) is 10.0 Å². The maximum absolute atomic E-state index is 14.0. The third-order valence-electron chi connectivity index (χ3n) is 3.59. The molecule has 0 fully saturated rings. The first kappa shape index (κ1) is 16.3. The third kappa shape index (κ3) is 3.22. The number of aryl methyl sites for hydroxylation is 1. The van der Waals surface area contributed by atoms with E-state index in [0.29, 0.717) is 33.5 Å². The second kappa shape index (κ2) is 5.84. The molecule has 24 heavy (non-hydrogen) atoms. The molecule has 0 atom stereocenters. The van der Waals surface area contributed by atoms with Crippen LogP contribution >= 0.6 is 0 Å². The molecule has 7 nitrogen and oxygen atoms in total. The third-order valence-corrected chi connectivity index (χ3v) is 4.26. The summed E-state index contributed by atoms with van der Waals surface area (Å²) in [6.45, 7) is 0.000339. The molecule has 3 N–H and O–H groups in total. The van der Waals surface area contributed by atoms with Crippen LogP contribution in [0.2, 0.25) is 0 Å². The fourth-order valence-corrected chi connectivity index (χ4v) is 3.00. The lowest BCUT2D eigenvalue weighted by Crippen LogP contribution is -2.21. The van der Waals surface area contributed by atoms with Crippen LogP contribution in [-0.2, 0) is 23.6 Å². The van der Waals surface area contributed by atoms with E-state index in [9.17, 15) is 12.8 Å². The van der Waals surface area contributed by atoms with Gasteiger partial charge in [-0.3, -0.25) is 0 Å². The number of hydrogen-bond acceptors (Lipinski definition) is 5. The van der Waals surface area contributed by atoms with Gasteiger partial charge in [0.25, 0.3) is 0 Å². The highest BCUT2D eigenvalue weighted by Crippen LogP contribution is 2.32. The van der Waals surface area contributed by atoms with Crippen molar-refractivity contribution in [1.82, 2.24) is 19.3 Å². The number of anilines is 1. The summed E-state index contributed by atoms with van der Waals surface area (Å²) < 4.78 is 40.6. The van der Waals surface area contributed by atoms with E-state index in [2.05, 4.69) is 14.7 Å². The number of nitrogens with one attached hydrogen (secondary N) is 1. The largest absolute Gasteiger partial charge is 0.383 e. The molecule has 1 aromatic carbocycles. The summed E-state index contributed by atoms with van der Waals surface area (Å²) in [6, 6.07) is 4.36. The number of nitrogens with two attached hydrogens (primary N) is 1. The number of aromatic nitrogens is 3. The lowest BCUT2D eigenvalue weighted by molar-refractivity contribution is 0.586. The molecule has 2 heterocycles. The van der Waals surface area contributed by atoms with Gasteiger partial charge in [-0.2, -0.15) is 0 Å². The van der Waals surface area contributed by atoms with Crippen LogP contribution in [0.25, 0.3) is 22.2 Å². The molecule has 0 bridgehead atoms. The van der Waals surface area contributed by atoms with E-state index < -0.39 is 15.8 Å². The average molecular weight is 349 g/mol. The predicted octanol–water partition coefficient (Wildman–Crippen LogP) is 1.41. The Bertz CT molecular complexity index is 1030. The molecule has 0 unspecified atom stereocenters. The lowest BCUT2D eigenvalue weighted by atomic mass is 10.0. The van der Waals surface area contributed by atoms with Gasteiger partial charge in [0.05, 0.1) is 11.6 Å². The molecular formula is C15H16FN5O2S. The highest BCUT2D eigenvalue weighted by atomic mass is 32.2. The van der Waals surface area contributed by atoms with Gasteiger partial charge in [-0.25, -0.2) is 27.5 Å². The van der Waals surface area contributed by atoms with Crippen molar-refractivity contribution in [2.24, 2.45) is 7.05 Å². The summed E-state index contributed by atoms with van der Waals surface area (Å²) in [5, 5.41) is 0.632. The van der Waals surface area contributed by atoms with Gasteiger partial charge in [-0.15, -0.1) is 0 Å². The van der Waals surface area contributed by atoms with Gasteiger partial charge in [-0.1, -0.05) is 0 Å². The summed E-state index contributed by atoms with van der Waals surface area (Å²) in [4.78, 5) is 8.18. The molecule has 9 heteroatoms. The number of sulfonamides is 1. The van der Waals surface area contributed by atoms with Gasteiger partial charge in [0, 0.05) is 25.4 Å². The highest BCUT2D eigenvalue weighted by Gasteiger charge is 2.15. The summed E-state index contributed by atoms with van der Waals surface area (Å²) in [6.07, 6.45) is 4.21. The summed E-state index contributed by atoms with van der Waals surface area (Å²) in [5.41, 5.74) is 8.35. The number of halogens is 1. The Balaban J connectivity index is 2.12. The van der Waals surface area contributed by atoms with E-state index in [1.807, 2.05) is 7.05 Å². The van der Waals surface area contributed by atoms with Crippen LogP contribution in [0.4, 0.5) is 10.2 Å². The molecule has 2 aromatic heterocycles. The van der Waals surface area contributed by atoms with Crippen molar-refractivity contribution in [2.75, 3.05) is 12.0 Å². The van der Waals surface area contributed by atoms with Gasteiger partial charge in [-0.05, 0) is 29.3 Å². The molecule has 0 radical (unpaired) electrons. The Morgan fingerprint density at radius 1 is 1.29 bits per heavy atom. The minimum atomic E-state index is -3.37. The molecule has 0 amide bonds. The molecule has 126 valence electrons. The van der Waals surface area contributed by atoms with Crippen molar-refractivity contribution < 1.29 is 12.8 Å². The van der Waals surface area contributed by atoms with E-state index in [-0.39, 0.29) is 6.54 Å². The first-order chi connectivity index (χ1) is 11.2. The van der Waals surface area contributed by atoms with E-state index in [1.54, 1.807) is 16.8 Å². The molecule has 0 aliphatic carbocycles.